The summed E-state index contributed by atoms with van der Waals surface area (Å²) in [6.45, 7) is 13.3. The topological polar surface area (TPSA) is 20.2 Å². The molecule has 1 aliphatic heterocycles. The van der Waals surface area contributed by atoms with Gasteiger partial charge in [0.1, 0.15) is 0 Å². The van der Waals surface area contributed by atoms with Crippen molar-refractivity contribution in [1.29, 1.82) is 0 Å². The Balaban J connectivity index is 1.66. The van der Waals surface area contributed by atoms with Gasteiger partial charge in [-0.2, -0.15) is 0 Å². The van der Waals surface area contributed by atoms with E-state index in [2.05, 4.69) is 34.6 Å². The minimum atomic E-state index is -0.0247. The first-order valence-electron chi connectivity index (χ1n) is 13.9. The van der Waals surface area contributed by atoms with Gasteiger partial charge < -0.3 is 0 Å². The van der Waals surface area contributed by atoms with Crippen molar-refractivity contribution in [3.63, 3.8) is 0 Å². The maximum absolute atomic E-state index is 11.0. The normalized spacial score (nSPS) is 51.3. The Morgan fingerprint density at radius 3 is 2.34 bits per heavy atom. The number of rotatable bonds is 1. The first-order chi connectivity index (χ1) is 15.1. The van der Waals surface area contributed by atoms with E-state index in [-0.39, 0.29) is 6.10 Å². The molecule has 8 unspecified atom stereocenters. The molecule has 1 N–H and O–H groups in total. The predicted octanol–water partition coefficient (Wildman–Crippen LogP) is 0.763. The van der Waals surface area contributed by atoms with Crippen LogP contribution in [0.25, 0.3) is 0 Å². The summed E-state index contributed by atoms with van der Waals surface area (Å²) >= 11 is 0.753. The number of aliphatic hydroxyl groups is 1. The molecule has 1 spiro atoms. The van der Waals surface area contributed by atoms with Crippen molar-refractivity contribution in [2.45, 2.75) is 115 Å². The molecule has 0 aromatic heterocycles. The van der Waals surface area contributed by atoms with Crippen LogP contribution in [0.4, 0.5) is 0 Å². The van der Waals surface area contributed by atoms with Crippen molar-refractivity contribution in [1.82, 2.24) is 0 Å². The third-order valence-electron chi connectivity index (χ3n) is 11.2. The van der Waals surface area contributed by atoms with E-state index in [9.17, 15) is 5.11 Å². The molecule has 8 atom stereocenters. The molecule has 0 amide bonds. The molecule has 5 rings (SSSR count). The monoisotopic (exact) mass is 668 g/mol. The van der Waals surface area contributed by atoms with Gasteiger partial charge >= 0.3 is 221 Å². The van der Waals surface area contributed by atoms with E-state index in [4.69, 9.17) is 0 Å². The third kappa shape index (κ3) is 3.89. The fraction of sp³-hybridized carbons (Fsp3) is 1.00. The van der Waals surface area contributed by atoms with E-state index >= 15 is 0 Å². The molecule has 4 saturated carbocycles. The molecule has 188 valence electrons. The summed E-state index contributed by atoms with van der Waals surface area (Å²) in [6, 6.07) is 0. The second-order valence-electron chi connectivity index (χ2n) is 14.0. The summed E-state index contributed by atoms with van der Waals surface area (Å²) in [4.78, 5) is 0. The summed E-state index contributed by atoms with van der Waals surface area (Å²) in [5.74, 6) is 3.51. The number of aliphatic hydroxyl groups excluding tert-OH is 1. The summed E-state index contributed by atoms with van der Waals surface area (Å²) < 4.78 is 5.89. The molecular weight excluding hydrogens is 618 g/mol. The number of fused-ring (bicyclic) bond motifs is 4. The molecule has 5 aliphatic rings. The molecule has 1 saturated heterocycles. The van der Waals surface area contributed by atoms with Gasteiger partial charge in [-0.05, 0) is 0 Å². The summed E-state index contributed by atoms with van der Waals surface area (Å²) in [7, 11) is 0. The molecule has 0 aromatic rings. The van der Waals surface area contributed by atoms with Crippen LogP contribution < -0.4 is 42.4 Å². The SMILES string of the molecule is CC1CCC2C(C)(C)CC3(CC(C)(C)C4CCC(O)CC43)C2(C2CC[I-]CCCC[I-]2)C1. The molecule has 32 heavy (non-hydrogen) atoms. The zero-order valence-electron chi connectivity index (χ0n) is 21.6. The Morgan fingerprint density at radius 2 is 1.53 bits per heavy atom. The van der Waals surface area contributed by atoms with Crippen molar-refractivity contribution in [2.75, 3.05) is 13.3 Å². The first-order valence-corrected chi connectivity index (χ1v) is 19.7. The van der Waals surface area contributed by atoms with E-state index in [1.165, 1.54) is 32.1 Å². The second-order valence-corrected chi connectivity index (χ2v) is 20.7. The molecule has 1 heterocycles. The van der Waals surface area contributed by atoms with Crippen molar-refractivity contribution in [2.24, 2.45) is 45.3 Å². The molecule has 0 radical (unpaired) electrons. The summed E-state index contributed by atoms with van der Waals surface area (Å²) in [5.41, 5.74) is 2.07. The van der Waals surface area contributed by atoms with Gasteiger partial charge in [-0.25, -0.2) is 0 Å². The number of halogens is 2. The minimum absolute atomic E-state index is 0.0247. The van der Waals surface area contributed by atoms with Crippen molar-refractivity contribution < 1.29 is 47.5 Å². The molecule has 3 heteroatoms. The van der Waals surface area contributed by atoms with Crippen molar-refractivity contribution in [3.8, 4) is 0 Å². The number of hydrogen-bond acceptors (Lipinski definition) is 1. The van der Waals surface area contributed by atoms with Gasteiger partial charge in [0, 0.05) is 0 Å². The second kappa shape index (κ2) is 9.06. The molecule has 4 aliphatic carbocycles. The van der Waals surface area contributed by atoms with Crippen LogP contribution in [0.15, 0.2) is 0 Å². The van der Waals surface area contributed by atoms with Gasteiger partial charge in [0.25, 0.3) is 0 Å². The van der Waals surface area contributed by atoms with Crippen molar-refractivity contribution >= 4 is 0 Å². The van der Waals surface area contributed by atoms with Gasteiger partial charge in [-0.15, -0.1) is 0 Å². The Kier molecular flexibility index (Phi) is 7.11. The van der Waals surface area contributed by atoms with Crippen LogP contribution >= 0.6 is 0 Å². The zero-order chi connectivity index (χ0) is 22.8. The Hall–Kier alpha value is 1.42. The molecular formula is C29H50I2O-2. The number of alkyl halides is 4. The fourth-order valence-electron chi connectivity index (χ4n) is 10.6. The summed E-state index contributed by atoms with van der Waals surface area (Å²) in [5, 5.41) is 11.0. The van der Waals surface area contributed by atoms with Gasteiger partial charge in [-0.3, -0.25) is 0 Å². The van der Waals surface area contributed by atoms with Gasteiger partial charge in [0.15, 0.2) is 0 Å². The van der Waals surface area contributed by atoms with Crippen molar-refractivity contribution in [3.05, 3.63) is 0 Å². The Morgan fingerprint density at radius 1 is 0.781 bits per heavy atom. The standard InChI is InChI=1S/C29H50I2O/c1-20-8-11-24-27(4,5)19-28(18-26(2,3)22-10-9-21(32)16-23(22)28)29(24,17-20)25-12-15-30-13-6-7-14-31-25/h20-25,32H,6-19H2,1-5H3/q-2. The first kappa shape index (κ1) is 25.1. The quantitative estimate of drug-likeness (QED) is 0.324. The van der Waals surface area contributed by atoms with Crippen LogP contribution in [0.3, 0.4) is 0 Å². The third-order valence-corrected chi connectivity index (χ3v) is 18.3. The zero-order valence-corrected chi connectivity index (χ0v) is 25.9. The van der Waals surface area contributed by atoms with Gasteiger partial charge in [0.05, 0.1) is 0 Å². The van der Waals surface area contributed by atoms with Crippen LogP contribution in [0, 0.1) is 45.3 Å². The van der Waals surface area contributed by atoms with E-state index in [1.807, 2.05) is 0 Å². The van der Waals surface area contributed by atoms with Gasteiger partial charge in [-0.1, -0.05) is 0 Å². The molecule has 0 aromatic carbocycles. The van der Waals surface area contributed by atoms with E-state index in [0.717, 1.165) is 40.4 Å². The van der Waals surface area contributed by atoms with Crippen LogP contribution in [0.2, 0.25) is 0 Å². The van der Waals surface area contributed by atoms with Crippen LogP contribution in [0.5, 0.6) is 0 Å². The van der Waals surface area contributed by atoms with Crippen LogP contribution in [-0.4, -0.2) is 28.4 Å². The van der Waals surface area contributed by atoms with Crippen LogP contribution in [0.1, 0.15) is 105 Å². The van der Waals surface area contributed by atoms with Gasteiger partial charge in [0.2, 0.25) is 0 Å². The fourth-order valence-corrected chi connectivity index (χ4v) is 19.1. The molecule has 1 nitrogen and oxygen atoms in total. The average Bonchev–Trinajstić information content (AvgIpc) is 3.12. The maximum atomic E-state index is 11.0. The molecule has 0 bridgehead atoms. The predicted molar refractivity (Wildman–Crippen MR) is 127 cm³/mol. The summed E-state index contributed by atoms with van der Waals surface area (Å²) in [6.07, 6.45) is 15.6. The van der Waals surface area contributed by atoms with E-state index < -0.39 is 0 Å². The Bertz CT molecular complexity index is 675. The number of hydrogen-bond donors (Lipinski definition) is 1. The molecule has 5 fully saturated rings. The average molecular weight is 669 g/mol. The van der Waals surface area contributed by atoms with E-state index in [1.54, 1.807) is 39.0 Å². The Labute approximate surface area is 219 Å². The van der Waals surface area contributed by atoms with Crippen LogP contribution in [-0.2, 0) is 0 Å². The van der Waals surface area contributed by atoms with E-state index in [0.29, 0.717) is 64.1 Å².